The van der Waals surface area contributed by atoms with Crippen LogP contribution in [0.2, 0.25) is 0 Å². The van der Waals surface area contributed by atoms with Crippen LogP contribution in [0, 0.1) is 35.1 Å². The van der Waals surface area contributed by atoms with Gasteiger partial charge in [-0.15, -0.1) is 0 Å². The molecule has 1 aromatic rings. The van der Waals surface area contributed by atoms with Crippen LogP contribution in [-0.4, -0.2) is 0 Å². The molecule has 0 amide bonds. The van der Waals surface area contributed by atoms with Crippen molar-refractivity contribution in [2.75, 3.05) is 0 Å². The Bertz CT molecular complexity index is 683. The van der Waals surface area contributed by atoms with Gasteiger partial charge in [-0.1, -0.05) is 0 Å². The summed E-state index contributed by atoms with van der Waals surface area (Å²) in [5.41, 5.74) is -1.40. The molecule has 2 atom stereocenters. The van der Waals surface area contributed by atoms with Crippen molar-refractivity contribution >= 4 is 0 Å². The zero-order chi connectivity index (χ0) is 16.3. The standard InChI is InChI=1S/C14H6F8/c15-7-3-1-4-6(10(18)14(22)12(20)8(4)16)2-5(3)9(17)13(21)11(7)19/h3,5H,1-2H2. The van der Waals surface area contributed by atoms with Crippen molar-refractivity contribution in [1.29, 1.82) is 0 Å². The highest BCUT2D eigenvalue weighted by Crippen LogP contribution is 2.48. The molecule has 0 saturated carbocycles. The molecule has 2 aliphatic rings. The Morgan fingerprint density at radius 2 is 0.818 bits per heavy atom. The molecule has 8 heteroatoms. The normalized spacial score (nSPS) is 24.5. The predicted molar refractivity (Wildman–Crippen MR) is 59.1 cm³/mol. The molecule has 0 radical (unpaired) electrons. The van der Waals surface area contributed by atoms with Gasteiger partial charge in [0.1, 0.15) is 11.7 Å². The van der Waals surface area contributed by atoms with Crippen molar-refractivity contribution in [2.24, 2.45) is 11.8 Å². The lowest BCUT2D eigenvalue weighted by atomic mass is 9.72. The van der Waals surface area contributed by atoms with Crippen LogP contribution >= 0.6 is 0 Å². The Labute approximate surface area is 118 Å². The van der Waals surface area contributed by atoms with Crippen LogP contribution in [0.5, 0.6) is 0 Å². The van der Waals surface area contributed by atoms with Crippen LogP contribution in [-0.2, 0) is 12.8 Å². The SMILES string of the molecule is FC1=C(F)C2Cc3c(F)c(F)c(F)c(F)c3CC2C(F)=C1F. The van der Waals surface area contributed by atoms with Crippen molar-refractivity contribution in [1.82, 2.24) is 0 Å². The lowest BCUT2D eigenvalue weighted by Crippen LogP contribution is -2.32. The fourth-order valence-electron chi connectivity index (χ4n) is 2.94. The molecule has 0 nitrogen and oxygen atoms in total. The van der Waals surface area contributed by atoms with Crippen LogP contribution in [0.4, 0.5) is 35.1 Å². The number of rotatable bonds is 0. The summed E-state index contributed by atoms with van der Waals surface area (Å²) >= 11 is 0. The number of halogens is 8. The first-order chi connectivity index (χ1) is 10.3. The monoisotopic (exact) mass is 326 g/mol. The van der Waals surface area contributed by atoms with Gasteiger partial charge in [0.25, 0.3) is 0 Å². The minimum absolute atomic E-state index is 0.698. The highest BCUT2D eigenvalue weighted by molar-refractivity contribution is 5.42. The fourth-order valence-corrected chi connectivity index (χ4v) is 2.94. The maximum absolute atomic E-state index is 13.7. The Morgan fingerprint density at radius 3 is 1.14 bits per heavy atom. The minimum Gasteiger partial charge on any atom is -0.208 e. The number of benzene rings is 1. The number of hydrogen-bond acceptors (Lipinski definition) is 0. The third kappa shape index (κ3) is 1.82. The average Bonchev–Trinajstić information content (AvgIpc) is 2.52. The van der Waals surface area contributed by atoms with Gasteiger partial charge in [-0.2, -0.15) is 0 Å². The molecule has 0 heterocycles. The summed E-state index contributed by atoms with van der Waals surface area (Å²) in [7, 11) is 0. The third-order valence-electron chi connectivity index (χ3n) is 4.07. The summed E-state index contributed by atoms with van der Waals surface area (Å²) in [5, 5.41) is 0. The topological polar surface area (TPSA) is 0 Å². The van der Waals surface area contributed by atoms with Gasteiger partial charge in [0.15, 0.2) is 34.9 Å². The first-order valence-electron chi connectivity index (χ1n) is 6.20. The van der Waals surface area contributed by atoms with Gasteiger partial charge in [-0.05, 0) is 24.0 Å². The second-order valence-electron chi connectivity index (χ2n) is 5.16. The van der Waals surface area contributed by atoms with E-state index in [2.05, 4.69) is 0 Å². The van der Waals surface area contributed by atoms with Crippen LogP contribution in [0.25, 0.3) is 0 Å². The van der Waals surface area contributed by atoms with Gasteiger partial charge in [0.05, 0.1) is 0 Å². The Hall–Kier alpha value is -1.86. The molecule has 0 bridgehead atoms. The van der Waals surface area contributed by atoms with E-state index in [0.717, 1.165) is 0 Å². The van der Waals surface area contributed by atoms with Crippen LogP contribution in [0.3, 0.4) is 0 Å². The van der Waals surface area contributed by atoms with Gasteiger partial charge < -0.3 is 0 Å². The zero-order valence-electron chi connectivity index (χ0n) is 10.6. The Morgan fingerprint density at radius 1 is 0.500 bits per heavy atom. The minimum atomic E-state index is -2.09. The van der Waals surface area contributed by atoms with E-state index in [-0.39, 0.29) is 0 Å². The Kier molecular flexibility index (Phi) is 3.30. The first kappa shape index (κ1) is 15.1. The molecule has 1 aromatic carbocycles. The van der Waals surface area contributed by atoms with Gasteiger partial charge in [-0.25, -0.2) is 35.1 Å². The maximum Gasteiger partial charge on any atom is 0.197 e. The molecular formula is C14H6F8. The van der Waals surface area contributed by atoms with Crippen LogP contribution in [0.15, 0.2) is 23.3 Å². The summed E-state index contributed by atoms with van der Waals surface area (Å²) in [5.74, 6) is -18.3. The van der Waals surface area contributed by atoms with Gasteiger partial charge in [0, 0.05) is 11.8 Å². The highest BCUT2D eigenvalue weighted by atomic mass is 19.2. The lowest BCUT2D eigenvalue weighted by molar-refractivity contribution is 0.247. The van der Waals surface area contributed by atoms with Gasteiger partial charge >= 0.3 is 0 Å². The van der Waals surface area contributed by atoms with Crippen molar-refractivity contribution in [3.05, 3.63) is 57.7 Å². The molecule has 0 fully saturated rings. The highest BCUT2D eigenvalue weighted by Gasteiger charge is 2.45. The maximum atomic E-state index is 13.7. The lowest BCUT2D eigenvalue weighted by Gasteiger charge is -2.34. The summed E-state index contributed by atoms with van der Waals surface area (Å²) in [6.07, 6.45) is -1.61. The van der Waals surface area contributed by atoms with E-state index < -0.39 is 82.4 Å². The predicted octanol–water partition coefficient (Wildman–Crippen LogP) is 4.89. The number of allylic oxidation sites excluding steroid dienone is 4. The van der Waals surface area contributed by atoms with E-state index >= 15 is 0 Å². The largest absolute Gasteiger partial charge is 0.208 e. The van der Waals surface area contributed by atoms with E-state index in [0.29, 0.717) is 0 Å². The van der Waals surface area contributed by atoms with E-state index in [1.54, 1.807) is 0 Å². The van der Waals surface area contributed by atoms with Crippen molar-refractivity contribution in [2.45, 2.75) is 12.8 Å². The molecule has 118 valence electrons. The second kappa shape index (κ2) is 4.82. The zero-order valence-corrected chi connectivity index (χ0v) is 10.6. The molecule has 0 saturated heterocycles. The second-order valence-corrected chi connectivity index (χ2v) is 5.16. The molecule has 0 N–H and O–H groups in total. The molecule has 2 unspecified atom stereocenters. The molecule has 0 aromatic heterocycles. The number of fused-ring (bicyclic) bond motifs is 2. The molecular weight excluding hydrogens is 320 g/mol. The van der Waals surface area contributed by atoms with E-state index in [4.69, 9.17) is 0 Å². The van der Waals surface area contributed by atoms with Gasteiger partial charge in [0.2, 0.25) is 0 Å². The fraction of sp³-hybridized carbons (Fsp3) is 0.286. The first-order valence-corrected chi connectivity index (χ1v) is 6.20. The van der Waals surface area contributed by atoms with Gasteiger partial charge in [-0.3, -0.25) is 0 Å². The average molecular weight is 326 g/mol. The third-order valence-corrected chi connectivity index (χ3v) is 4.07. The molecule has 0 aliphatic heterocycles. The van der Waals surface area contributed by atoms with E-state index in [1.165, 1.54) is 0 Å². The quantitative estimate of drug-likeness (QED) is 0.362. The summed E-state index contributed by atoms with van der Waals surface area (Å²) < 4.78 is 108. The van der Waals surface area contributed by atoms with E-state index in [1.807, 2.05) is 0 Å². The van der Waals surface area contributed by atoms with Crippen molar-refractivity contribution < 1.29 is 35.1 Å². The number of hydrogen-bond donors (Lipinski definition) is 0. The van der Waals surface area contributed by atoms with Crippen LogP contribution < -0.4 is 0 Å². The van der Waals surface area contributed by atoms with Crippen molar-refractivity contribution in [3.8, 4) is 0 Å². The molecule has 2 aliphatic carbocycles. The summed E-state index contributed by atoms with van der Waals surface area (Å²) in [6, 6.07) is 0. The van der Waals surface area contributed by atoms with Crippen LogP contribution in [0.1, 0.15) is 11.1 Å². The summed E-state index contributed by atoms with van der Waals surface area (Å²) in [6.45, 7) is 0. The molecule has 3 rings (SSSR count). The Balaban J connectivity index is 2.20. The smallest absolute Gasteiger partial charge is 0.197 e. The van der Waals surface area contributed by atoms with E-state index in [9.17, 15) is 35.1 Å². The molecule has 22 heavy (non-hydrogen) atoms. The summed E-state index contributed by atoms with van der Waals surface area (Å²) in [4.78, 5) is 0. The van der Waals surface area contributed by atoms with Crippen molar-refractivity contribution in [3.63, 3.8) is 0 Å². The molecule has 0 spiro atoms.